The number of alkyl halides is 5. The van der Waals surface area contributed by atoms with E-state index >= 15 is 0 Å². The van der Waals surface area contributed by atoms with Gasteiger partial charge in [0.25, 0.3) is 0 Å². The molecular weight excluding hydrogens is 213 g/mol. The van der Waals surface area contributed by atoms with Crippen molar-refractivity contribution in [2.45, 2.75) is 31.7 Å². The van der Waals surface area contributed by atoms with Crippen LogP contribution in [0.15, 0.2) is 0 Å². The van der Waals surface area contributed by atoms with Crippen LogP contribution in [0.5, 0.6) is 0 Å². The average Bonchev–Trinajstić information content (AvgIpc) is 2.01. The first-order valence-electron chi connectivity index (χ1n) is 3.54. The highest BCUT2D eigenvalue weighted by Gasteiger charge is 2.65. The molecule has 0 fully saturated rings. The Balaban J connectivity index is 4.53. The highest BCUT2D eigenvalue weighted by molar-refractivity contribution is 5.78. The minimum absolute atomic E-state index is 0.0559. The van der Waals surface area contributed by atoms with Crippen molar-refractivity contribution >= 4 is 5.97 Å². The van der Waals surface area contributed by atoms with E-state index in [0.717, 1.165) is 0 Å². The van der Waals surface area contributed by atoms with Crippen molar-refractivity contribution in [2.75, 3.05) is 0 Å². The number of nitrogens with two attached hydrogens (primary N) is 1. The van der Waals surface area contributed by atoms with Gasteiger partial charge in [0.1, 0.15) is 0 Å². The molecule has 0 heterocycles. The molecule has 0 spiro atoms. The summed E-state index contributed by atoms with van der Waals surface area (Å²) in [6.07, 6.45) is -7.48. The number of hydrogen-bond donors (Lipinski definition) is 1. The maximum Gasteiger partial charge on any atom is 0.465 e. The van der Waals surface area contributed by atoms with Gasteiger partial charge in [-0.15, -0.1) is 0 Å². The second kappa shape index (κ2) is 4.07. The summed E-state index contributed by atoms with van der Waals surface area (Å²) in [5, 5.41) is 0. The van der Waals surface area contributed by atoms with E-state index in [1.165, 1.54) is 6.92 Å². The Hall–Kier alpha value is -0.920. The maximum atomic E-state index is 12.2. The SMILES string of the molecule is CCC(N)OC(=O)C(F)(F)C(F)(F)F. The van der Waals surface area contributed by atoms with Gasteiger partial charge >= 0.3 is 18.1 Å². The lowest BCUT2D eigenvalue weighted by atomic mass is 10.3. The van der Waals surface area contributed by atoms with Crippen molar-refractivity contribution in [3.8, 4) is 0 Å². The fraction of sp³-hybridized carbons (Fsp3) is 0.833. The molecule has 14 heavy (non-hydrogen) atoms. The van der Waals surface area contributed by atoms with Crippen LogP contribution in [0.25, 0.3) is 0 Å². The van der Waals surface area contributed by atoms with Crippen molar-refractivity contribution in [1.29, 1.82) is 0 Å². The normalized spacial score (nSPS) is 15.1. The minimum Gasteiger partial charge on any atom is -0.442 e. The third-order valence-electron chi connectivity index (χ3n) is 1.27. The van der Waals surface area contributed by atoms with Crippen LogP contribution in [0, 0.1) is 0 Å². The Labute approximate surface area is 76.0 Å². The minimum atomic E-state index is -5.96. The monoisotopic (exact) mass is 221 g/mol. The summed E-state index contributed by atoms with van der Waals surface area (Å²) in [5.41, 5.74) is 4.87. The lowest BCUT2D eigenvalue weighted by molar-refractivity contribution is -0.282. The summed E-state index contributed by atoms with van der Waals surface area (Å²) in [5.74, 6) is -8.20. The summed E-state index contributed by atoms with van der Waals surface area (Å²) in [6.45, 7) is 1.36. The molecule has 84 valence electrons. The summed E-state index contributed by atoms with van der Waals surface area (Å²) >= 11 is 0. The van der Waals surface area contributed by atoms with Gasteiger partial charge in [-0.2, -0.15) is 22.0 Å². The number of hydrogen-bond acceptors (Lipinski definition) is 3. The van der Waals surface area contributed by atoms with Gasteiger partial charge in [-0.3, -0.25) is 5.73 Å². The number of carbonyl (C=O) groups is 1. The highest BCUT2D eigenvalue weighted by Crippen LogP contribution is 2.36. The van der Waals surface area contributed by atoms with Crippen LogP contribution in [0.1, 0.15) is 13.3 Å². The van der Waals surface area contributed by atoms with E-state index in [1.54, 1.807) is 0 Å². The molecule has 1 unspecified atom stereocenters. The summed E-state index contributed by atoms with van der Waals surface area (Å²) in [6, 6.07) is 0. The van der Waals surface area contributed by atoms with Gasteiger partial charge in [0.2, 0.25) is 0 Å². The molecule has 0 aliphatic rings. The fourth-order valence-electron chi connectivity index (χ4n) is 0.411. The third kappa shape index (κ3) is 2.79. The van der Waals surface area contributed by atoms with E-state index in [4.69, 9.17) is 5.73 Å². The Morgan fingerprint density at radius 1 is 1.36 bits per heavy atom. The van der Waals surface area contributed by atoms with Crippen molar-refractivity contribution < 1.29 is 31.5 Å². The predicted octanol–water partition coefficient (Wildman–Crippen LogP) is 1.42. The zero-order valence-corrected chi connectivity index (χ0v) is 7.07. The van der Waals surface area contributed by atoms with E-state index < -0.39 is 24.3 Å². The molecule has 0 aromatic carbocycles. The molecule has 8 heteroatoms. The average molecular weight is 221 g/mol. The zero-order valence-electron chi connectivity index (χ0n) is 7.07. The molecule has 0 aliphatic carbocycles. The quantitative estimate of drug-likeness (QED) is 0.445. The maximum absolute atomic E-state index is 12.2. The molecule has 0 bridgehead atoms. The topological polar surface area (TPSA) is 52.3 Å². The summed E-state index contributed by atoms with van der Waals surface area (Å²) in [4.78, 5) is 10.3. The molecule has 0 radical (unpaired) electrons. The van der Waals surface area contributed by atoms with Crippen LogP contribution in [0.2, 0.25) is 0 Å². The lowest BCUT2D eigenvalue weighted by Crippen LogP contribution is -2.47. The third-order valence-corrected chi connectivity index (χ3v) is 1.27. The van der Waals surface area contributed by atoms with Gasteiger partial charge in [0.15, 0.2) is 6.23 Å². The summed E-state index contributed by atoms with van der Waals surface area (Å²) in [7, 11) is 0. The standard InChI is InChI=1S/C6H8F5NO2/c1-2-3(12)14-4(13)5(7,8)6(9,10)11/h3H,2,12H2,1H3. The Morgan fingerprint density at radius 3 is 2.07 bits per heavy atom. The first kappa shape index (κ1) is 13.1. The van der Waals surface area contributed by atoms with Gasteiger partial charge in [-0.1, -0.05) is 6.92 Å². The Kier molecular flexibility index (Phi) is 3.81. The molecule has 0 rings (SSSR count). The molecule has 2 N–H and O–H groups in total. The second-order valence-electron chi connectivity index (χ2n) is 2.42. The molecule has 0 saturated carbocycles. The van der Waals surface area contributed by atoms with Gasteiger partial charge in [-0.05, 0) is 6.42 Å². The molecular formula is C6H8F5NO2. The van der Waals surface area contributed by atoms with Crippen molar-refractivity contribution in [2.24, 2.45) is 5.73 Å². The van der Waals surface area contributed by atoms with E-state index in [0.29, 0.717) is 0 Å². The number of halogens is 5. The molecule has 1 atom stereocenters. The Bertz CT molecular complexity index is 215. The van der Waals surface area contributed by atoms with Gasteiger partial charge < -0.3 is 4.74 Å². The van der Waals surface area contributed by atoms with Crippen LogP contribution in [-0.4, -0.2) is 24.3 Å². The van der Waals surface area contributed by atoms with Crippen LogP contribution >= 0.6 is 0 Å². The fourth-order valence-corrected chi connectivity index (χ4v) is 0.411. The van der Waals surface area contributed by atoms with Crippen molar-refractivity contribution in [1.82, 2.24) is 0 Å². The molecule has 0 aromatic rings. The van der Waals surface area contributed by atoms with Crippen LogP contribution in [0.4, 0.5) is 22.0 Å². The molecule has 0 amide bonds. The number of carbonyl (C=O) groups excluding carboxylic acids is 1. The number of esters is 1. The first-order chi connectivity index (χ1) is 6.13. The lowest BCUT2D eigenvalue weighted by Gasteiger charge is -2.19. The van der Waals surface area contributed by atoms with Crippen LogP contribution in [-0.2, 0) is 9.53 Å². The second-order valence-corrected chi connectivity index (χ2v) is 2.42. The van der Waals surface area contributed by atoms with E-state index in [1.807, 2.05) is 0 Å². The highest BCUT2D eigenvalue weighted by atomic mass is 19.4. The van der Waals surface area contributed by atoms with E-state index in [9.17, 15) is 26.7 Å². The first-order valence-corrected chi connectivity index (χ1v) is 3.54. The largest absolute Gasteiger partial charge is 0.465 e. The summed E-state index contributed by atoms with van der Waals surface area (Å²) < 4.78 is 62.6. The predicted molar refractivity (Wildman–Crippen MR) is 35.4 cm³/mol. The van der Waals surface area contributed by atoms with Gasteiger partial charge in [0, 0.05) is 0 Å². The van der Waals surface area contributed by atoms with Crippen molar-refractivity contribution in [3.63, 3.8) is 0 Å². The van der Waals surface area contributed by atoms with Crippen molar-refractivity contribution in [3.05, 3.63) is 0 Å². The molecule has 3 nitrogen and oxygen atoms in total. The van der Waals surface area contributed by atoms with E-state index in [-0.39, 0.29) is 6.42 Å². The Morgan fingerprint density at radius 2 is 1.79 bits per heavy atom. The molecule has 0 saturated heterocycles. The number of rotatable bonds is 3. The van der Waals surface area contributed by atoms with Gasteiger partial charge in [-0.25, -0.2) is 4.79 Å². The number of ether oxygens (including phenoxy) is 1. The smallest absolute Gasteiger partial charge is 0.442 e. The van der Waals surface area contributed by atoms with Crippen LogP contribution in [0.3, 0.4) is 0 Å². The zero-order chi connectivity index (χ0) is 11.6. The van der Waals surface area contributed by atoms with Gasteiger partial charge in [0.05, 0.1) is 0 Å². The van der Waals surface area contributed by atoms with E-state index in [2.05, 4.69) is 4.74 Å². The molecule has 0 aromatic heterocycles. The molecule has 0 aliphatic heterocycles. The van der Waals surface area contributed by atoms with Crippen LogP contribution < -0.4 is 5.73 Å².